The smallest absolute Gasteiger partial charge is 0.331 e. The summed E-state index contributed by atoms with van der Waals surface area (Å²) in [4.78, 5) is 20.4. The van der Waals surface area contributed by atoms with Crippen LogP contribution < -0.4 is 4.90 Å². The number of carbonyl (C=O) groups excluding carboxylic acids is 1. The van der Waals surface area contributed by atoms with Gasteiger partial charge >= 0.3 is 5.97 Å². The van der Waals surface area contributed by atoms with Crippen molar-refractivity contribution in [2.75, 3.05) is 38.2 Å². The second-order valence-corrected chi connectivity index (χ2v) is 7.71. The lowest BCUT2D eigenvalue weighted by molar-refractivity contribution is -0.134. The summed E-state index contributed by atoms with van der Waals surface area (Å²) in [6.07, 6.45) is 8.57. The maximum Gasteiger partial charge on any atom is 0.331 e. The van der Waals surface area contributed by atoms with Gasteiger partial charge in [-0.1, -0.05) is 6.07 Å². The van der Waals surface area contributed by atoms with Gasteiger partial charge in [0.25, 0.3) is 0 Å². The van der Waals surface area contributed by atoms with Gasteiger partial charge in [0.05, 0.1) is 30.7 Å². The maximum atomic E-state index is 11.3. The number of aromatic nitrogens is 2. The molecule has 162 valence electrons. The molecule has 3 heterocycles. The van der Waals surface area contributed by atoms with Crippen molar-refractivity contribution in [2.24, 2.45) is 0 Å². The van der Waals surface area contributed by atoms with E-state index >= 15 is 0 Å². The minimum absolute atomic E-state index is 0.326. The number of carbonyl (C=O) groups is 1. The molecule has 0 unspecified atom stereocenters. The first-order valence-corrected chi connectivity index (χ1v) is 10.6. The van der Waals surface area contributed by atoms with Crippen LogP contribution in [0, 0.1) is 0 Å². The number of nitrogens with zero attached hydrogens (tertiary/aromatic N) is 4. The van der Waals surface area contributed by atoms with Crippen molar-refractivity contribution in [1.82, 2.24) is 14.5 Å². The molecule has 1 aliphatic rings. The van der Waals surface area contributed by atoms with Crippen LogP contribution in [0.1, 0.15) is 0 Å². The number of hydrogen-bond donors (Lipinski definition) is 0. The summed E-state index contributed by atoms with van der Waals surface area (Å²) in [5.41, 5.74) is 6.42. The minimum Gasteiger partial charge on any atom is -0.472 e. The van der Waals surface area contributed by atoms with Crippen molar-refractivity contribution in [3.8, 4) is 16.8 Å². The first kappa shape index (κ1) is 19.9. The summed E-state index contributed by atoms with van der Waals surface area (Å²) >= 11 is 0. The summed E-state index contributed by atoms with van der Waals surface area (Å²) < 4.78 is 11.9. The molecule has 0 spiro atoms. The Morgan fingerprint density at radius 1 is 1.00 bits per heavy atom. The molecule has 1 fully saturated rings. The fourth-order valence-corrected chi connectivity index (χ4v) is 4.01. The lowest BCUT2D eigenvalue weighted by Gasteiger charge is -2.35. The van der Waals surface area contributed by atoms with Crippen LogP contribution in [0.3, 0.4) is 0 Å². The molecule has 5 rings (SSSR count). The Balaban J connectivity index is 1.29. The van der Waals surface area contributed by atoms with Gasteiger partial charge in [-0.05, 0) is 48.0 Å². The van der Waals surface area contributed by atoms with Gasteiger partial charge in [-0.15, -0.1) is 0 Å². The van der Waals surface area contributed by atoms with Crippen LogP contribution in [-0.4, -0.2) is 53.7 Å². The average Bonchev–Trinajstić information content (AvgIpc) is 3.53. The van der Waals surface area contributed by atoms with Crippen molar-refractivity contribution < 1.29 is 13.9 Å². The van der Waals surface area contributed by atoms with Gasteiger partial charge in [0.15, 0.2) is 0 Å². The lowest BCUT2D eigenvalue weighted by Crippen LogP contribution is -2.44. The number of hydrogen-bond acceptors (Lipinski definition) is 6. The quantitative estimate of drug-likeness (QED) is 0.352. The van der Waals surface area contributed by atoms with E-state index in [0.717, 1.165) is 54.0 Å². The van der Waals surface area contributed by atoms with Gasteiger partial charge in [-0.3, -0.25) is 4.57 Å². The minimum atomic E-state index is -0.326. The van der Waals surface area contributed by atoms with Crippen LogP contribution in [0.4, 0.5) is 5.69 Å². The number of benzene rings is 2. The highest BCUT2D eigenvalue weighted by Crippen LogP contribution is 2.27. The van der Waals surface area contributed by atoms with Gasteiger partial charge in [0.2, 0.25) is 0 Å². The molecule has 0 atom stereocenters. The van der Waals surface area contributed by atoms with Crippen LogP contribution >= 0.6 is 0 Å². The molecule has 4 aromatic rings. The first-order chi connectivity index (χ1) is 15.7. The summed E-state index contributed by atoms with van der Waals surface area (Å²) in [6.45, 7) is 3.52. The van der Waals surface area contributed by atoms with E-state index < -0.39 is 0 Å². The molecule has 32 heavy (non-hydrogen) atoms. The van der Waals surface area contributed by atoms with E-state index in [1.807, 2.05) is 18.6 Å². The standard InChI is InChI=1S/C25H24N4O3/c1-31-25(30)8-10-27-11-13-28(14-12-27)21-3-5-22(6-4-21)29-18-26-23-16-19(2-7-24(23)29)20-9-15-32-17-20/h2-10,15-18H,11-14H2,1H3. The van der Waals surface area contributed by atoms with Crippen molar-refractivity contribution in [3.05, 3.63) is 79.7 Å². The number of ether oxygens (including phenoxy) is 1. The molecule has 2 aromatic carbocycles. The Hall–Kier alpha value is -4.00. The highest BCUT2D eigenvalue weighted by atomic mass is 16.5. The summed E-state index contributed by atoms with van der Waals surface area (Å²) in [7, 11) is 1.39. The summed E-state index contributed by atoms with van der Waals surface area (Å²) in [6, 6.07) is 16.8. The van der Waals surface area contributed by atoms with Crippen molar-refractivity contribution >= 4 is 22.7 Å². The molecule has 0 bridgehead atoms. The normalized spacial score (nSPS) is 14.4. The van der Waals surface area contributed by atoms with Crippen molar-refractivity contribution in [3.63, 3.8) is 0 Å². The van der Waals surface area contributed by atoms with Crippen LogP contribution in [0.15, 0.2) is 84.1 Å². The van der Waals surface area contributed by atoms with Gasteiger partial charge in [-0.2, -0.15) is 0 Å². The number of fused-ring (bicyclic) bond motifs is 1. The molecule has 0 aliphatic carbocycles. The summed E-state index contributed by atoms with van der Waals surface area (Å²) in [5, 5.41) is 0. The van der Waals surface area contributed by atoms with Gasteiger partial charge in [0, 0.05) is 55.4 Å². The van der Waals surface area contributed by atoms with E-state index in [0.29, 0.717) is 0 Å². The molecule has 0 amide bonds. The predicted octanol–water partition coefficient (Wildman–Crippen LogP) is 4.09. The molecule has 2 aromatic heterocycles. The summed E-state index contributed by atoms with van der Waals surface area (Å²) in [5.74, 6) is -0.326. The molecular formula is C25H24N4O3. The second kappa shape index (κ2) is 8.63. The number of piperazine rings is 1. The van der Waals surface area contributed by atoms with Crippen LogP contribution in [0.2, 0.25) is 0 Å². The van der Waals surface area contributed by atoms with E-state index in [9.17, 15) is 4.79 Å². The first-order valence-electron chi connectivity index (χ1n) is 10.6. The van der Waals surface area contributed by atoms with E-state index in [4.69, 9.17) is 4.42 Å². The number of methoxy groups -OCH3 is 1. The van der Waals surface area contributed by atoms with Crippen LogP contribution in [0.25, 0.3) is 27.8 Å². The monoisotopic (exact) mass is 428 g/mol. The Kier molecular flexibility index (Phi) is 5.37. The van der Waals surface area contributed by atoms with E-state index in [2.05, 4.69) is 66.6 Å². The third-order valence-electron chi connectivity index (χ3n) is 5.83. The Bertz CT molecular complexity index is 1230. The molecule has 1 aliphatic heterocycles. The maximum absolute atomic E-state index is 11.3. The molecule has 7 nitrogen and oxygen atoms in total. The zero-order valence-electron chi connectivity index (χ0n) is 17.8. The number of imidazole rings is 1. The molecule has 0 N–H and O–H groups in total. The average molecular weight is 428 g/mol. The van der Waals surface area contributed by atoms with Crippen LogP contribution in [-0.2, 0) is 9.53 Å². The zero-order valence-corrected chi connectivity index (χ0v) is 17.8. The number of furan rings is 1. The fourth-order valence-electron chi connectivity index (χ4n) is 4.01. The lowest BCUT2D eigenvalue weighted by atomic mass is 10.1. The topological polar surface area (TPSA) is 63.7 Å². The Morgan fingerprint density at radius 3 is 2.50 bits per heavy atom. The highest BCUT2D eigenvalue weighted by Gasteiger charge is 2.15. The SMILES string of the molecule is COC(=O)C=CN1CCN(c2ccc(-n3cnc4cc(-c5ccoc5)ccc43)cc2)CC1. The molecule has 1 saturated heterocycles. The van der Waals surface area contributed by atoms with Crippen molar-refractivity contribution in [1.29, 1.82) is 0 Å². The van der Waals surface area contributed by atoms with Gasteiger partial charge in [0.1, 0.15) is 6.33 Å². The Morgan fingerprint density at radius 2 is 1.78 bits per heavy atom. The van der Waals surface area contributed by atoms with Gasteiger partial charge < -0.3 is 19.0 Å². The zero-order chi connectivity index (χ0) is 21.9. The van der Waals surface area contributed by atoms with Gasteiger partial charge in [-0.25, -0.2) is 9.78 Å². The molecule has 0 radical (unpaired) electrons. The largest absolute Gasteiger partial charge is 0.472 e. The molecular weight excluding hydrogens is 404 g/mol. The van der Waals surface area contributed by atoms with Crippen LogP contribution in [0.5, 0.6) is 0 Å². The number of anilines is 1. The van der Waals surface area contributed by atoms with E-state index in [1.165, 1.54) is 18.9 Å². The predicted molar refractivity (Wildman–Crippen MR) is 124 cm³/mol. The highest BCUT2D eigenvalue weighted by molar-refractivity contribution is 5.83. The molecule has 0 saturated carbocycles. The Labute approximate surface area is 186 Å². The molecule has 7 heteroatoms. The third-order valence-corrected chi connectivity index (χ3v) is 5.83. The third kappa shape index (κ3) is 3.97. The fraction of sp³-hybridized carbons (Fsp3) is 0.200. The van der Waals surface area contributed by atoms with E-state index in [1.54, 1.807) is 12.5 Å². The number of esters is 1. The van der Waals surface area contributed by atoms with Crippen molar-refractivity contribution in [2.45, 2.75) is 0 Å². The van der Waals surface area contributed by atoms with E-state index in [-0.39, 0.29) is 5.97 Å². The second-order valence-electron chi connectivity index (χ2n) is 7.71. The number of rotatable bonds is 5.